The van der Waals surface area contributed by atoms with Crippen LogP contribution in [0, 0.1) is 0 Å². The minimum atomic E-state index is -0.424. The molecule has 0 radical (unpaired) electrons. The van der Waals surface area contributed by atoms with Crippen LogP contribution in [0.1, 0.15) is 47.1 Å². The van der Waals surface area contributed by atoms with Gasteiger partial charge in [0.15, 0.2) is 0 Å². The second kappa shape index (κ2) is 8.21. The van der Waals surface area contributed by atoms with Gasteiger partial charge in [0, 0.05) is 11.7 Å². The molecule has 0 bridgehead atoms. The molecule has 2 aromatic rings. The fourth-order valence-corrected chi connectivity index (χ4v) is 3.17. The first-order valence-electron chi connectivity index (χ1n) is 10.1. The average molecular weight is 395 g/mol. The highest BCUT2D eigenvalue weighted by atomic mass is 16.7. The SMILES string of the molecule is CC(C)N(C(=O)OCc1ccccc1)c1ccc(B2OC(C)(C)C(C)(C)O2)cc1. The Morgan fingerprint density at radius 1 is 0.966 bits per heavy atom. The normalized spacial score (nSPS) is 17.4. The Kier molecular flexibility index (Phi) is 6.06. The number of rotatable bonds is 5. The molecule has 0 N–H and O–H groups in total. The number of hydrogen-bond donors (Lipinski definition) is 0. The number of benzene rings is 2. The third-order valence-corrected chi connectivity index (χ3v) is 5.61. The van der Waals surface area contributed by atoms with Gasteiger partial charge in [-0.05, 0) is 64.7 Å². The maximum atomic E-state index is 12.7. The molecule has 1 aliphatic heterocycles. The number of anilines is 1. The number of amides is 1. The molecule has 0 aliphatic carbocycles. The Morgan fingerprint density at radius 3 is 2.03 bits per heavy atom. The van der Waals surface area contributed by atoms with Crippen molar-refractivity contribution in [2.75, 3.05) is 4.90 Å². The van der Waals surface area contributed by atoms with Crippen LogP contribution in [-0.2, 0) is 20.7 Å². The summed E-state index contributed by atoms with van der Waals surface area (Å²) in [5.41, 5.74) is 1.89. The van der Waals surface area contributed by atoms with E-state index in [0.29, 0.717) is 0 Å². The molecule has 154 valence electrons. The Labute approximate surface area is 174 Å². The third kappa shape index (κ3) is 4.65. The zero-order chi connectivity index (χ0) is 21.2. The molecular weight excluding hydrogens is 365 g/mol. The maximum Gasteiger partial charge on any atom is 0.494 e. The molecule has 1 heterocycles. The molecule has 1 amide bonds. The zero-order valence-corrected chi connectivity index (χ0v) is 18.1. The van der Waals surface area contributed by atoms with E-state index in [1.54, 1.807) is 4.90 Å². The molecule has 29 heavy (non-hydrogen) atoms. The van der Waals surface area contributed by atoms with E-state index in [0.717, 1.165) is 16.7 Å². The van der Waals surface area contributed by atoms with Gasteiger partial charge in [0.2, 0.25) is 0 Å². The highest BCUT2D eigenvalue weighted by Gasteiger charge is 2.51. The van der Waals surface area contributed by atoms with Crippen molar-refractivity contribution in [1.29, 1.82) is 0 Å². The van der Waals surface area contributed by atoms with Crippen molar-refractivity contribution < 1.29 is 18.8 Å². The first kappa shape index (κ1) is 21.4. The largest absolute Gasteiger partial charge is 0.494 e. The van der Waals surface area contributed by atoms with Crippen molar-refractivity contribution in [3.8, 4) is 0 Å². The summed E-state index contributed by atoms with van der Waals surface area (Å²) in [7, 11) is -0.424. The standard InChI is InChI=1S/C23H30BNO4/c1-17(2)25(21(26)27-16-18-10-8-7-9-11-18)20-14-12-19(13-15-20)24-28-22(3,4)23(5,6)29-24/h7-15,17H,16H2,1-6H3. The molecule has 0 unspecified atom stereocenters. The lowest BCUT2D eigenvalue weighted by Gasteiger charge is -2.32. The second-order valence-corrected chi connectivity index (χ2v) is 8.68. The summed E-state index contributed by atoms with van der Waals surface area (Å²) < 4.78 is 17.7. The van der Waals surface area contributed by atoms with Crippen molar-refractivity contribution in [3.63, 3.8) is 0 Å². The smallest absolute Gasteiger partial charge is 0.444 e. The fraction of sp³-hybridized carbons (Fsp3) is 0.435. The molecule has 0 saturated carbocycles. The molecular formula is C23H30BNO4. The van der Waals surface area contributed by atoms with Gasteiger partial charge in [0.05, 0.1) is 11.2 Å². The fourth-order valence-electron chi connectivity index (χ4n) is 3.17. The van der Waals surface area contributed by atoms with Crippen LogP contribution in [0.2, 0.25) is 0 Å². The Morgan fingerprint density at radius 2 is 1.52 bits per heavy atom. The predicted molar refractivity (Wildman–Crippen MR) is 116 cm³/mol. The first-order chi connectivity index (χ1) is 13.6. The Balaban J connectivity index is 1.71. The van der Waals surface area contributed by atoms with Crippen molar-refractivity contribution in [2.45, 2.75) is 65.4 Å². The van der Waals surface area contributed by atoms with Crippen LogP contribution in [0.4, 0.5) is 10.5 Å². The Hall–Kier alpha value is -2.31. The van der Waals surface area contributed by atoms with Crippen LogP contribution in [0.3, 0.4) is 0 Å². The van der Waals surface area contributed by atoms with Gasteiger partial charge in [0.25, 0.3) is 0 Å². The van der Waals surface area contributed by atoms with Crippen LogP contribution < -0.4 is 10.4 Å². The lowest BCUT2D eigenvalue weighted by atomic mass is 9.79. The summed E-state index contributed by atoms with van der Waals surface area (Å²) in [6.07, 6.45) is -0.368. The van der Waals surface area contributed by atoms with E-state index in [2.05, 4.69) is 0 Å². The average Bonchev–Trinajstić information content (AvgIpc) is 2.89. The van der Waals surface area contributed by atoms with E-state index in [1.807, 2.05) is 96.1 Å². The number of carbonyl (C=O) groups excluding carboxylic acids is 1. The quantitative estimate of drug-likeness (QED) is 0.698. The van der Waals surface area contributed by atoms with Crippen LogP contribution >= 0.6 is 0 Å². The van der Waals surface area contributed by atoms with Crippen LogP contribution in [0.5, 0.6) is 0 Å². The van der Waals surface area contributed by atoms with Gasteiger partial charge in [-0.2, -0.15) is 0 Å². The molecule has 5 nitrogen and oxygen atoms in total. The van der Waals surface area contributed by atoms with E-state index >= 15 is 0 Å². The van der Waals surface area contributed by atoms with Crippen LogP contribution in [-0.4, -0.2) is 30.5 Å². The van der Waals surface area contributed by atoms with E-state index in [9.17, 15) is 4.79 Å². The Bertz CT molecular complexity index is 818. The number of hydrogen-bond acceptors (Lipinski definition) is 4. The van der Waals surface area contributed by atoms with E-state index in [1.165, 1.54) is 0 Å². The van der Waals surface area contributed by atoms with Gasteiger partial charge in [-0.1, -0.05) is 42.5 Å². The highest BCUT2D eigenvalue weighted by molar-refractivity contribution is 6.62. The van der Waals surface area contributed by atoms with Crippen LogP contribution in [0.25, 0.3) is 0 Å². The molecule has 0 spiro atoms. The van der Waals surface area contributed by atoms with Gasteiger partial charge in [-0.15, -0.1) is 0 Å². The lowest BCUT2D eigenvalue weighted by molar-refractivity contribution is 0.00578. The van der Waals surface area contributed by atoms with Crippen molar-refractivity contribution in [3.05, 3.63) is 60.2 Å². The van der Waals surface area contributed by atoms with Gasteiger partial charge in [-0.3, -0.25) is 4.90 Å². The van der Waals surface area contributed by atoms with Gasteiger partial charge in [-0.25, -0.2) is 4.79 Å². The van der Waals surface area contributed by atoms with Crippen molar-refractivity contribution >= 4 is 24.4 Å². The maximum absolute atomic E-state index is 12.7. The molecule has 0 atom stereocenters. The van der Waals surface area contributed by atoms with E-state index in [-0.39, 0.29) is 29.9 Å². The predicted octanol–water partition coefficient (Wildman–Crippen LogP) is 4.54. The summed E-state index contributed by atoms with van der Waals surface area (Å²) in [6.45, 7) is 12.3. The molecule has 1 aliphatic rings. The minimum Gasteiger partial charge on any atom is -0.444 e. The van der Waals surface area contributed by atoms with Gasteiger partial charge in [0.1, 0.15) is 6.61 Å². The van der Waals surface area contributed by atoms with Gasteiger partial charge < -0.3 is 14.0 Å². The molecule has 3 rings (SSSR count). The molecule has 1 fully saturated rings. The molecule has 6 heteroatoms. The van der Waals surface area contributed by atoms with Gasteiger partial charge >= 0.3 is 13.2 Å². The number of ether oxygens (including phenoxy) is 1. The highest BCUT2D eigenvalue weighted by Crippen LogP contribution is 2.36. The molecule has 2 aromatic carbocycles. The summed E-state index contributed by atoms with van der Waals surface area (Å²) in [5.74, 6) is 0. The van der Waals surface area contributed by atoms with Crippen molar-refractivity contribution in [1.82, 2.24) is 0 Å². The number of carbonyl (C=O) groups is 1. The zero-order valence-electron chi connectivity index (χ0n) is 18.1. The lowest BCUT2D eigenvalue weighted by Crippen LogP contribution is -2.41. The van der Waals surface area contributed by atoms with Crippen molar-refractivity contribution in [2.24, 2.45) is 0 Å². The topological polar surface area (TPSA) is 48.0 Å². The molecule has 0 aromatic heterocycles. The summed E-state index contributed by atoms with van der Waals surface area (Å²) in [4.78, 5) is 14.4. The third-order valence-electron chi connectivity index (χ3n) is 5.61. The molecule has 1 saturated heterocycles. The van der Waals surface area contributed by atoms with Crippen LogP contribution in [0.15, 0.2) is 54.6 Å². The first-order valence-corrected chi connectivity index (χ1v) is 10.1. The second-order valence-electron chi connectivity index (χ2n) is 8.68. The summed E-state index contributed by atoms with van der Waals surface area (Å²) in [6, 6.07) is 17.3. The summed E-state index contributed by atoms with van der Waals surface area (Å²) >= 11 is 0. The summed E-state index contributed by atoms with van der Waals surface area (Å²) in [5, 5.41) is 0. The minimum absolute atomic E-state index is 0.0408. The van der Waals surface area contributed by atoms with E-state index in [4.69, 9.17) is 14.0 Å². The monoisotopic (exact) mass is 395 g/mol. The van der Waals surface area contributed by atoms with E-state index < -0.39 is 7.12 Å². The number of nitrogens with zero attached hydrogens (tertiary/aromatic N) is 1.